The zero-order chi connectivity index (χ0) is 19.9. The van der Waals surface area contributed by atoms with E-state index in [1.54, 1.807) is 0 Å². The van der Waals surface area contributed by atoms with Crippen molar-refractivity contribution < 1.29 is 24.0 Å². The number of ether oxygens (including phenoxy) is 2. The van der Waals surface area contributed by atoms with Gasteiger partial charge in [-0.25, -0.2) is 0 Å². The van der Waals surface area contributed by atoms with Gasteiger partial charge in [0.1, 0.15) is 5.92 Å². The number of nitrogens with one attached hydrogen (secondary N) is 2. The molecule has 0 aromatic heterocycles. The Bertz CT molecular complexity index is 658. The molecular formula is C21H32N3O4+. The average molecular weight is 391 g/mol. The molecule has 2 fully saturated rings. The quantitative estimate of drug-likeness (QED) is 0.700. The van der Waals surface area contributed by atoms with Crippen LogP contribution in [0.15, 0.2) is 24.3 Å². The molecule has 2 aliphatic rings. The SMILES string of the molecule is CCOC(=O)[C@H]1CCC[NH+]([C@@H](C)C(=O)Nc2ccc(N3CCOCC3)cc2)C1. The van der Waals surface area contributed by atoms with Gasteiger partial charge >= 0.3 is 5.97 Å². The number of carbonyl (C=O) groups excluding carboxylic acids is 2. The number of esters is 1. The highest BCUT2D eigenvalue weighted by atomic mass is 16.5. The highest BCUT2D eigenvalue weighted by molar-refractivity contribution is 5.93. The second-order valence-corrected chi connectivity index (χ2v) is 7.56. The van der Waals surface area contributed by atoms with Gasteiger partial charge in [-0.2, -0.15) is 0 Å². The van der Waals surface area contributed by atoms with Crippen LogP contribution in [-0.2, 0) is 19.1 Å². The molecule has 154 valence electrons. The van der Waals surface area contributed by atoms with Crippen LogP contribution in [0.1, 0.15) is 26.7 Å². The molecule has 1 aromatic rings. The molecule has 1 unspecified atom stereocenters. The number of hydrogen-bond acceptors (Lipinski definition) is 5. The van der Waals surface area contributed by atoms with Crippen molar-refractivity contribution in [2.75, 3.05) is 56.2 Å². The van der Waals surface area contributed by atoms with E-state index < -0.39 is 0 Å². The fraction of sp³-hybridized carbons (Fsp3) is 0.619. The lowest BCUT2D eigenvalue weighted by Crippen LogP contribution is -3.18. The van der Waals surface area contributed by atoms with E-state index in [0.717, 1.165) is 62.0 Å². The molecule has 3 atom stereocenters. The highest BCUT2D eigenvalue weighted by Crippen LogP contribution is 2.19. The molecule has 7 heteroatoms. The third kappa shape index (κ3) is 5.23. The number of benzene rings is 1. The highest BCUT2D eigenvalue weighted by Gasteiger charge is 2.34. The second-order valence-electron chi connectivity index (χ2n) is 7.56. The first-order valence-electron chi connectivity index (χ1n) is 10.3. The summed E-state index contributed by atoms with van der Waals surface area (Å²) in [6, 6.07) is 7.76. The van der Waals surface area contributed by atoms with E-state index in [1.165, 1.54) is 0 Å². The van der Waals surface area contributed by atoms with Gasteiger partial charge in [-0.3, -0.25) is 9.59 Å². The number of nitrogens with zero attached hydrogens (tertiary/aromatic N) is 1. The van der Waals surface area contributed by atoms with Crippen LogP contribution in [0.2, 0.25) is 0 Å². The molecule has 0 spiro atoms. The number of rotatable bonds is 6. The number of carbonyl (C=O) groups is 2. The fourth-order valence-corrected chi connectivity index (χ4v) is 3.96. The van der Waals surface area contributed by atoms with Gasteiger partial charge in [-0.05, 0) is 51.0 Å². The van der Waals surface area contributed by atoms with Gasteiger partial charge in [-0.15, -0.1) is 0 Å². The van der Waals surface area contributed by atoms with Gasteiger partial charge < -0.3 is 24.6 Å². The molecule has 7 nitrogen and oxygen atoms in total. The lowest BCUT2D eigenvalue weighted by atomic mass is 9.97. The Morgan fingerprint density at radius 1 is 1.29 bits per heavy atom. The average Bonchev–Trinajstić information content (AvgIpc) is 2.74. The van der Waals surface area contributed by atoms with Crippen molar-refractivity contribution in [3.05, 3.63) is 24.3 Å². The molecule has 2 aliphatic heterocycles. The molecule has 1 amide bonds. The maximum Gasteiger partial charge on any atom is 0.314 e. The minimum atomic E-state index is -0.212. The van der Waals surface area contributed by atoms with Gasteiger partial charge in [0.15, 0.2) is 6.04 Å². The van der Waals surface area contributed by atoms with Gasteiger partial charge in [0, 0.05) is 24.5 Å². The van der Waals surface area contributed by atoms with Crippen LogP contribution in [-0.4, -0.2) is 63.9 Å². The molecule has 0 radical (unpaired) electrons. The molecule has 2 N–H and O–H groups in total. The van der Waals surface area contributed by atoms with Crippen LogP contribution < -0.4 is 15.1 Å². The first-order valence-corrected chi connectivity index (χ1v) is 10.3. The summed E-state index contributed by atoms with van der Waals surface area (Å²) in [5, 5.41) is 3.02. The number of amides is 1. The Labute approximate surface area is 167 Å². The van der Waals surface area contributed by atoms with Crippen LogP contribution in [0.3, 0.4) is 0 Å². The molecule has 3 rings (SSSR count). The van der Waals surface area contributed by atoms with E-state index in [-0.39, 0.29) is 23.8 Å². The lowest BCUT2D eigenvalue weighted by Gasteiger charge is -2.32. The van der Waals surface area contributed by atoms with E-state index in [2.05, 4.69) is 10.2 Å². The minimum Gasteiger partial charge on any atom is -0.466 e. The summed E-state index contributed by atoms with van der Waals surface area (Å²) < 4.78 is 10.5. The molecule has 2 heterocycles. The molecular weight excluding hydrogens is 358 g/mol. The summed E-state index contributed by atoms with van der Waals surface area (Å²) in [5.74, 6) is -0.253. The molecule has 28 heavy (non-hydrogen) atoms. The maximum absolute atomic E-state index is 12.7. The molecule has 2 saturated heterocycles. The largest absolute Gasteiger partial charge is 0.466 e. The summed E-state index contributed by atoms with van der Waals surface area (Å²) in [7, 11) is 0. The smallest absolute Gasteiger partial charge is 0.314 e. The third-order valence-electron chi connectivity index (χ3n) is 5.70. The predicted molar refractivity (Wildman–Crippen MR) is 108 cm³/mol. The summed E-state index contributed by atoms with van der Waals surface area (Å²) in [4.78, 5) is 28.2. The van der Waals surface area contributed by atoms with E-state index >= 15 is 0 Å². The van der Waals surface area contributed by atoms with Gasteiger partial charge in [0.25, 0.3) is 5.91 Å². The predicted octanol–water partition coefficient (Wildman–Crippen LogP) is 0.708. The van der Waals surface area contributed by atoms with E-state index in [4.69, 9.17) is 9.47 Å². The Hall–Kier alpha value is -2.12. The zero-order valence-electron chi connectivity index (χ0n) is 16.9. The molecule has 1 aromatic carbocycles. The molecule has 0 bridgehead atoms. The molecule has 0 saturated carbocycles. The standard InChI is InChI=1S/C21H31N3O4/c1-3-28-21(26)17-5-4-10-24(15-17)16(2)20(25)22-18-6-8-19(9-7-18)23-11-13-27-14-12-23/h6-9,16-17H,3-5,10-15H2,1-2H3,(H,22,25)/p+1/t16-,17-/m0/s1. The summed E-state index contributed by atoms with van der Waals surface area (Å²) in [6.45, 7) is 9.01. The Morgan fingerprint density at radius 3 is 2.68 bits per heavy atom. The normalized spacial score (nSPS) is 23.7. The van der Waals surface area contributed by atoms with Crippen LogP contribution in [0.25, 0.3) is 0 Å². The van der Waals surface area contributed by atoms with Crippen molar-refractivity contribution in [2.45, 2.75) is 32.7 Å². The summed E-state index contributed by atoms with van der Waals surface area (Å²) in [6.07, 6.45) is 1.78. The van der Waals surface area contributed by atoms with E-state index in [0.29, 0.717) is 13.2 Å². The van der Waals surface area contributed by atoms with Crippen molar-refractivity contribution in [1.82, 2.24) is 0 Å². The van der Waals surface area contributed by atoms with Crippen LogP contribution in [0, 0.1) is 5.92 Å². The number of piperidine rings is 1. The number of likely N-dealkylation sites (tertiary alicyclic amines) is 1. The van der Waals surface area contributed by atoms with Gasteiger partial charge in [-0.1, -0.05) is 0 Å². The van der Waals surface area contributed by atoms with Crippen molar-refractivity contribution in [1.29, 1.82) is 0 Å². The van der Waals surface area contributed by atoms with Gasteiger partial charge in [0.2, 0.25) is 0 Å². The van der Waals surface area contributed by atoms with Crippen molar-refractivity contribution in [3.8, 4) is 0 Å². The Balaban J connectivity index is 1.54. The summed E-state index contributed by atoms with van der Waals surface area (Å²) >= 11 is 0. The summed E-state index contributed by atoms with van der Waals surface area (Å²) in [5.41, 5.74) is 1.94. The van der Waals surface area contributed by atoms with Crippen molar-refractivity contribution >= 4 is 23.3 Å². The monoisotopic (exact) mass is 390 g/mol. The van der Waals surface area contributed by atoms with Crippen molar-refractivity contribution in [2.24, 2.45) is 5.92 Å². The number of quaternary nitrogens is 1. The van der Waals surface area contributed by atoms with Crippen LogP contribution in [0.4, 0.5) is 11.4 Å². The fourth-order valence-electron chi connectivity index (χ4n) is 3.96. The van der Waals surface area contributed by atoms with Crippen LogP contribution in [0.5, 0.6) is 0 Å². The lowest BCUT2D eigenvalue weighted by molar-refractivity contribution is -0.921. The maximum atomic E-state index is 12.7. The van der Waals surface area contributed by atoms with Crippen molar-refractivity contribution in [3.63, 3.8) is 0 Å². The van der Waals surface area contributed by atoms with Crippen LogP contribution >= 0.6 is 0 Å². The zero-order valence-corrected chi connectivity index (χ0v) is 16.9. The minimum absolute atomic E-state index is 0.0152. The van der Waals surface area contributed by atoms with Gasteiger partial charge in [0.05, 0.1) is 32.9 Å². The first kappa shape index (κ1) is 20.6. The second kappa shape index (κ2) is 9.89. The third-order valence-corrected chi connectivity index (χ3v) is 5.70. The van der Waals surface area contributed by atoms with E-state index in [1.807, 2.05) is 38.1 Å². The first-order chi connectivity index (χ1) is 13.6. The number of morpholine rings is 1. The van der Waals surface area contributed by atoms with E-state index in [9.17, 15) is 9.59 Å². The molecule has 0 aliphatic carbocycles. The Morgan fingerprint density at radius 2 is 2.00 bits per heavy atom. The topological polar surface area (TPSA) is 72.3 Å². The Kier molecular flexibility index (Phi) is 7.28. The number of hydrogen-bond donors (Lipinski definition) is 2. The number of anilines is 2.